The maximum Gasteiger partial charge on any atom is 0.276 e. The average Bonchev–Trinajstić information content (AvgIpc) is 2.38. The molecule has 0 saturated carbocycles. The third-order valence-corrected chi connectivity index (χ3v) is 2.70. The number of carbonyl (C=O) groups is 1. The highest BCUT2D eigenvalue weighted by Crippen LogP contribution is 2.16. The number of amides is 1. The minimum absolute atomic E-state index is 0.152. The summed E-state index contributed by atoms with van der Waals surface area (Å²) in [5.74, 6) is -0.152. The first-order valence-electron chi connectivity index (χ1n) is 5.64. The Morgan fingerprint density at radius 2 is 2.06 bits per heavy atom. The number of rotatable bonds is 2. The van der Waals surface area contributed by atoms with E-state index in [0.29, 0.717) is 11.4 Å². The SMILES string of the molecule is Cc1cccc(N(C)C(=O)c2ccc(N)cn2)c1. The van der Waals surface area contributed by atoms with Crippen LogP contribution in [-0.2, 0) is 0 Å². The molecule has 0 aliphatic carbocycles. The number of hydrogen-bond acceptors (Lipinski definition) is 3. The molecule has 0 saturated heterocycles. The molecule has 2 N–H and O–H groups in total. The number of anilines is 2. The number of nitrogen functional groups attached to an aromatic ring is 1. The van der Waals surface area contributed by atoms with Crippen LogP contribution in [0, 0.1) is 6.92 Å². The van der Waals surface area contributed by atoms with E-state index in [9.17, 15) is 4.79 Å². The van der Waals surface area contributed by atoms with E-state index in [1.165, 1.54) is 6.20 Å². The Kier molecular flexibility index (Phi) is 3.28. The number of aromatic nitrogens is 1. The minimum atomic E-state index is -0.152. The first-order valence-corrected chi connectivity index (χ1v) is 5.64. The molecule has 4 heteroatoms. The minimum Gasteiger partial charge on any atom is -0.397 e. The van der Waals surface area contributed by atoms with Crippen LogP contribution in [0.4, 0.5) is 11.4 Å². The van der Waals surface area contributed by atoms with Crippen molar-refractivity contribution in [1.82, 2.24) is 4.98 Å². The Bertz CT molecular complexity index is 564. The molecule has 1 heterocycles. The molecule has 4 nitrogen and oxygen atoms in total. The maximum absolute atomic E-state index is 12.2. The van der Waals surface area contributed by atoms with Crippen LogP contribution < -0.4 is 10.6 Å². The van der Waals surface area contributed by atoms with Gasteiger partial charge in [-0.1, -0.05) is 12.1 Å². The quantitative estimate of drug-likeness (QED) is 0.877. The van der Waals surface area contributed by atoms with Gasteiger partial charge in [0.2, 0.25) is 0 Å². The van der Waals surface area contributed by atoms with Crippen LogP contribution >= 0.6 is 0 Å². The summed E-state index contributed by atoms with van der Waals surface area (Å²) >= 11 is 0. The van der Waals surface area contributed by atoms with Crippen molar-refractivity contribution in [3.8, 4) is 0 Å². The molecule has 1 aromatic heterocycles. The Morgan fingerprint density at radius 3 is 2.67 bits per heavy atom. The predicted octanol–water partition coefficient (Wildman–Crippen LogP) is 2.25. The van der Waals surface area contributed by atoms with Gasteiger partial charge in [-0.2, -0.15) is 0 Å². The zero-order valence-electron chi connectivity index (χ0n) is 10.4. The zero-order chi connectivity index (χ0) is 13.1. The molecule has 0 bridgehead atoms. The molecule has 1 amide bonds. The molecule has 0 aliphatic heterocycles. The fourth-order valence-corrected chi connectivity index (χ4v) is 1.66. The lowest BCUT2D eigenvalue weighted by atomic mass is 10.2. The highest BCUT2D eigenvalue weighted by Gasteiger charge is 2.14. The maximum atomic E-state index is 12.2. The van der Waals surface area contributed by atoms with E-state index in [1.807, 2.05) is 31.2 Å². The Balaban J connectivity index is 2.26. The monoisotopic (exact) mass is 241 g/mol. The van der Waals surface area contributed by atoms with E-state index in [-0.39, 0.29) is 5.91 Å². The van der Waals surface area contributed by atoms with E-state index in [1.54, 1.807) is 24.1 Å². The summed E-state index contributed by atoms with van der Waals surface area (Å²) in [7, 11) is 1.73. The van der Waals surface area contributed by atoms with Crippen LogP contribution in [0.15, 0.2) is 42.6 Å². The van der Waals surface area contributed by atoms with Gasteiger partial charge in [-0.15, -0.1) is 0 Å². The largest absolute Gasteiger partial charge is 0.397 e. The van der Waals surface area contributed by atoms with E-state index in [0.717, 1.165) is 11.3 Å². The van der Waals surface area contributed by atoms with Crippen molar-refractivity contribution in [3.05, 3.63) is 53.9 Å². The van der Waals surface area contributed by atoms with E-state index >= 15 is 0 Å². The third-order valence-electron chi connectivity index (χ3n) is 2.70. The fraction of sp³-hybridized carbons (Fsp3) is 0.143. The number of nitrogens with two attached hydrogens (primary N) is 1. The first kappa shape index (κ1) is 12.1. The lowest BCUT2D eigenvalue weighted by Crippen LogP contribution is -2.27. The summed E-state index contributed by atoms with van der Waals surface area (Å²) < 4.78 is 0. The summed E-state index contributed by atoms with van der Waals surface area (Å²) in [6.07, 6.45) is 1.48. The molecule has 0 atom stereocenters. The van der Waals surface area contributed by atoms with Gasteiger partial charge < -0.3 is 10.6 Å². The molecular formula is C14H15N3O. The molecule has 0 fully saturated rings. The van der Waals surface area contributed by atoms with Gasteiger partial charge >= 0.3 is 0 Å². The molecule has 0 aliphatic rings. The molecule has 92 valence electrons. The summed E-state index contributed by atoms with van der Waals surface area (Å²) in [5, 5.41) is 0. The number of hydrogen-bond donors (Lipinski definition) is 1. The standard InChI is InChI=1S/C14H15N3O/c1-10-4-3-5-12(8-10)17(2)14(18)13-7-6-11(15)9-16-13/h3-9H,15H2,1-2H3. The molecule has 2 aromatic rings. The molecule has 0 radical (unpaired) electrons. The van der Waals surface area contributed by atoms with Crippen LogP contribution in [0.2, 0.25) is 0 Å². The van der Waals surface area contributed by atoms with Gasteiger partial charge in [0.1, 0.15) is 5.69 Å². The van der Waals surface area contributed by atoms with Crippen LogP contribution in [0.1, 0.15) is 16.1 Å². The Hall–Kier alpha value is -2.36. The molecular weight excluding hydrogens is 226 g/mol. The molecule has 18 heavy (non-hydrogen) atoms. The first-order chi connectivity index (χ1) is 8.58. The Labute approximate surface area is 106 Å². The fourth-order valence-electron chi connectivity index (χ4n) is 1.66. The predicted molar refractivity (Wildman–Crippen MR) is 72.6 cm³/mol. The van der Waals surface area contributed by atoms with Crippen LogP contribution in [0.25, 0.3) is 0 Å². The lowest BCUT2D eigenvalue weighted by molar-refractivity contribution is 0.0988. The number of nitrogens with zero attached hydrogens (tertiary/aromatic N) is 2. The van der Waals surface area contributed by atoms with Gasteiger partial charge in [-0.25, -0.2) is 4.98 Å². The molecule has 0 spiro atoms. The molecule has 1 aromatic carbocycles. The van der Waals surface area contributed by atoms with Crippen molar-refractivity contribution >= 4 is 17.3 Å². The second-order valence-corrected chi connectivity index (χ2v) is 4.18. The van der Waals surface area contributed by atoms with Gasteiger partial charge in [0.15, 0.2) is 0 Å². The van der Waals surface area contributed by atoms with Crippen molar-refractivity contribution in [2.45, 2.75) is 6.92 Å². The van der Waals surface area contributed by atoms with Gasteiger partial charge in [-0.05, 0) is 36.8 Å². The normalized spacial score (nSPS) is 10.1. The van der Waals surface area contributed by atoms with Gasteiger partial charge in [0.25, 0.3) is 5.91 Å². The van der Waals surface area contributed by atoms with E-state index < -0.39 is 0 Å². The summed E-state index contributed by atoms with van der Waals surface area (Å²) in [5.41, 5.74) is 8.43. The van der Waals surface area contributed by atoms with Crippen molar-refractivity contribution in [3.63, 3.8) is 0 Å². The van der Waals surface area contributed by atoms with Crippen LogP contribution in [0.3, 0.4) is 0 Å². The van der Waals surface area contributed by atoms with Gasteiger partial charge in [-0.3, -0.25) is 4.79 Å². The zero-order valence-corrected chi connectivity index (χ0v) is 10.4. The van der Waals surface area contributed by atoms with Crippen molar-refractivity contribution in [2.24, 2.45) is 0 Å². The van der Waals surface area contributed by atoms with Crippen molar-refractivity contribution < 1.29 is 4.79 Å². The van der Waals surface area contributed by atoms with E-state index in [4.69, 9.17) is 5.73 Å². The van der Waals surface area contributed by atoms with E-state index in [2.05, 4.69) is 4.98 Å². The smallest absolute Gasteiger partial charge is 0.276 e. The third kappa shape index (κ3) is 2.48. The van der Waals surface area contributed by atoms with Gasteiger partial charge in [0, 0.05) is 12.7 Å². The highest BCUT2D eigenvalue weighted by atomic mass is 16.2. The number of carbonyl (C=O) groups excluding carboxylic acids is 1. The number of pyridine rings is 1. The van der Waals surface area contributed by atoms with Crippen molar-refractivity contribution in [1.29, 1.82) is 0 Å². The second kappa shape index (κ2) is 4.87. The summed E-state index contributed by atoms with van der Waals surface area (Å²) in [6.45, 7) is 1.99. The molecule has 2 rings (SSSR count). The second-order valence-electron chi connectivity index (χ2n) is 4.18. The summed E-state index contributed by atoms with van der Waals surface area (Å²) in [4.78, 5) is 17.8. The molecule has 0 unspecified atom stereocenters. The van der Waals surface area contributed by atoms with Crippen molar-refractivity contribution in [2.75, 3.05) is 17.7 Å². The van der Waals surface area contributed by atoms with Crippen LogP contribution in [0.5, 0.6) is 0 Å². The number of aryl methyl sites for hydroxylation is 1. The topological polar surface area (TPSA) is 59.2 Å². The lowest BCUT2D eigenvalue weighted by Gasteiger charge is -2.17. The highest BCUT2D eigenvalue weighted by molar-refractivity contribution is 6.04. The summed E-state index contributed by atoms with van der Waals surface area (Å²) in [6, 6.07) is 11.1. The van der Waals surface area contributed by atoms with Gasteiger partial charge in [0.05, 0.1) is 11.9 Å². The number of benzene rings is 1. The van der Waals surface area contributed by atoms with Crippen LogP contribution in [-0.4, -0.2) is 17.9 Å². The average molecular weight is 241 g/mol. The Morgan fingerprint density at radius 1 is 1.28 bits per heavy atom.